The van der Waals surface area contributed by atoms with Crippen molar-refractivity contribution in [2.45, 2.75) is 6.42 Å². The van der Waals surface area contributed by atoms with Gasteiger partial charge in [-0.2, -0.15) is 0 Å². The van der Waals surface area contributed by atoms with Crippen LogP contribution in [0.5, 0.6) is 0 Å². The number of ether oxygens (including phenoxy) is 1. The molecule has 0 bridgehead atoms. The molecule has 0 aromatic heterocycles. The second-order valence-electron chi connectivity index (χ2n) is 4.16. The third kappa shape index (κ3) is 4.80. The molecule has 0 radical (unpaired) electrons. The van der Waals surface area contributed by atoms with Crippen molar-refractivity contribution in [2.75, 3.05) is 6.61 Å². The largest absolute Gasteiger partial charge is 0.461 e. The summed E-state index contributed by atoms with van der Waals surface area (Å²) >= 11 is 0. The number of rotatable bonds is 5. The highest BCUT2D eigenvalue weighted by Crippen LogP contribution is 2.02. The van der Waals surface area contributed by atoms with Crippen LogP contribution in [0.2, 0.25) is 0 Å². The van der Waals surface area contributed by atoms with E-state index in [1.54, 1.807) is 0 Å². The lowest BCUT2D eigenvalue weighted by Gasteiger charge is -2.01. The van der Waals surface area contributed by atoms with Crippen LogP contribution in [-0.2, 0) is 16.0 Å². The molecule has 0 N–H and O–H groups in total. The Labute approximate surface area is 113 Å². The summed E-state index contributed by atoms with van der Waals surface area (Å²) in [6, 6.07) is 19.5. The van der Waals surface area contributed by atoms with Gasteiger partial charge in [0.25, 0.3) is 0 Å². The molecule has 2 heteroatoms. The lowest BCUT2D eigenvalue weighted by Crippen LogP contribution is -2.07. The van der Waals surface area contributed by atoms with E-state index >= 15 is 0 Å². The van der Waals surface area contributed by atoms with Gasteiger partial charge in [0.1, 0.15) is 6.61 Å². The Hall–Kier alpha value is -2.35. The van der Waals surface area contributed by atoms with Crippen molar-refractivity contribution in [3.63, 3.8) is 0 Å². The van der Waals surface area contributed by atoms with Crippen molar-refractivity contribution in [3.05, 3.63) is 77.9 Å². The van der Waals surface area contributed by atoms with Crippen LogP contribution in [0.25, 0.3) is 6.08 Å². The van der Waals surface area contributed by atoms with E-state index < -0.39 is 0 Å². The summed E-state index contributed by atoms with van der Waals surface area (Å²) in [5.74, 6) is -0.205. The second kappa shape index (κ2) is 7.17. The van der Waals surface area contributed by atoms with E-state index in [1.807, 2.05) is 72.8 Å². The summed E-state index contributed by atoms with van der Waals surface area (Å²) in [6.07, 6.45) is 4.11. The SMILES string of the molecule is O=C(Cc1ccccc1)OC/C=C\c1ccccc1. The Morgan fingerprint density at radius 1 is 0.947 bits per heavy atom. The van der Waals surface area contributed by atoms with Gasteiger partial charge in [-0.25, -0.2) is 0 Å². The minimum Gasteiger partial charge on any atom is -0.461 e. The van der Waals surface area contributed by atoms with Crippen LogP contribution in [0, 0.1) is 0 Å². The van der Waals surface area contributed by atoms with E-state index in [4.69, 9.17) is 4.74 Å². The maximum atomic E-state index is 11.6. The van der Waals surface area contributed by atoms with Crippen LogP contribution >= 0.6 is 0 Å². The Morgan fingerprint density at radius 3 is 2.26 bits per heavy atom. The Bertz CT molecular complexity index is 530. The maximum Gasteiger partial charge on any atom is 0.310 e. The molecule has 0 aliphatic rings. The number of hydrogen-bond acceptors (Lipinski definition) is 2. The molecule has 96 valence electrons. The molecule has 0 heterocycles. The molecule has 0 atom stereocenters. The van der Waals surface area contributed by atoms with Gasteiger partial charge in [-0.1, -0.05) is 66.7 Å². The summed E-state index contributed by atoms with van der Waals surface area (Å²) in [7, 11) is 0. The molecule has 0 spiro atoms. The van der Waals surface area contributed by atoms with Gasteiger partial charge in [0, 0.05) is 0 Å². The lowest BCUT2D eigenvalue weighted by atomic mass is 10.2. The minimum atomic E-state index is -0.205. The quantitative estimate of drug-likeness (QED) is 0.761. The highest BCUT2D eigenvalue weighted by atomic mass is 16.5. The fourth-order valence-corrected chi connectivity index (χ4v) is 1.70. The van der Waals surface area contributed by atoms with E-state index in [0.717, 1.165) is 11.1 Å². The van der Waals surface area contributed by atoms with Gasteiger partial charge in [0.2, 0.25) is 0 Å². The molecule has 0 fully saturated rings. The first-order valence-electron chi connectivity index (χ1n) is 6.26. The van der Waals surface area contributed by atoms with Crippen molar-refractivity contribution in [1.82, 2.24) is 0 Å². The molecule has 2 aromatic carbocycles. The number of hydrogen-bond donors (Lipinski definition) is 0. The van der Waals surface area contributed by atoms with Gasteiger partial charge in [-0.3, -0.25) is 4.79 Å². The molecule has 19 heavy (non-hydrogen) atoms. The standard InChI is InChI=1S/C17H16O2/c18-17(14-16-10-5-2-6-11-16)19-13-7-12-15-8-3-1-4-9-15/h1-12H,13-14H2/b12-7-. The van der Waals surface area contributed by atoms with Crippen molar-refractivity contribution < 1.29 is 9.53 Å². The monoisotopic (exact) mass is 252 g/mol. The topological polar surface area (TPSA) is 26.3 Å². The summed E-state index contributed by atoms with van der Waals surface area (Å²) in [5, 5.41) is 0. The Balaban J connectivity index is 1.74. The fraction of sp³-hybridized carbons (Fsp3) is 0.118. The number of benzene rings is 2. The molecule has 0 aliphatic heterocycles. The first-order valence-corrected chi connectivity index (χ1v) is 6.26. The molecular weight excluding hydrogens is 236 g/mol. The molecule has 0 saturated carbocycles. The summed E-state index contributed by atoms with van der Waals surface area (Å²) < 4.78 is 5.14. The fourth-order valence-electron chi connectivity index (χ4n) is 1.70. The van der Waals surface area contributed by atoms with Crippen molar-refractivity contribution in [1.29, 1.82) is 0 Å². The zero-order valence-corrected chi connectivity index (χ0v) is 10.7. The Morgan fingerprint density at radius 2 is 1.58 bits per heavy atom. The first kappa shape index (κ1) is 13.1. The van der Waals surface area contributed by atoms with Crippen LogP contribution in [0.3, 0.4) is 0 Å². The third-order valence-corrected chi connectivity index (χ3v) is 2.64. The zero-order valence-electron chi connectivity index (χ0n) is 10.7. The Kier molecular flexibility index (Phi) is 4.94. The van der Waals surface area contributed by atoms with Gasteiger partial charge >= 0.3 is 5.97 Å². The minimum absolute atomic E-state index is 0.205. The zero-order chi connectivity index (χ0) is 13.3. The number of esters is 1. The molecule has 0 saturated heterocycles. The highest BCUT2D eigenvalue weighted by Gasteiger charge is 2.02. The molecule has 0 amide bonds. The van der Waals surface area contributed by atoms with E-state index in [0.29, 0.717) is 13.0 Å². The van der Waals surface area contributed by atoms with Crippen LogP contribution in [-0.4, -0.2) is 12.6 Å². The van der Waals surface area contributed by atoms with Crippen LogP contribution < -0.4 is 0 Å². The van der Waals surface area contributed by atoms with Crippen molar-refractivity contribution >= 4 is 12.0 Å². The molecule has 2 aromatic rings. The van der Waals surface area contributed by atoms with Crippen LogP contribution in [0.4, 0.5) is 0 Å². The lowest BCUT2D eigenvalue weighted by molar-refractivity contribution is -0.141. The van der Waals surface area contributed by atoms with E-state index in [-0.39, 0.29) is 5.97 Å². The van der Waals surface area contributed by atoms with Gasteiger partial charge in [-0.05, 0) is 17.2 Å². The maximum absolute atomic E-state index is 11.6. The van der Waals surface area contributed by atoms with Crippen molar-refractivity contribution in [2.24, 2.45) is 0 Å². The average Bonchev–Trinajstić information content (AvgIpc) is 2.46. The molecule has 0 unspecified atom stereocenters. The number of carbonyl (C=O) groups is 1. The first-order chi connectivity index (χ1) is 9.34. The third-order valence-electron chi connectivity index (χ3n) is 2.64. The normalized spacial score (nSPS) is 10.5. The van der Waals surface area contributed by atoms with Gasteiger partial charge < -0.3 is 4.74 Å². The predicted octanol–water partition coefficient (Wildman–Crippen LogP) is 3.49. The molecule has 2 nitrogen and oxygen atoms in total. The molecule has 0 aliphatic carbocycles. The van der Waals surface area contributed by atoms with Crippen molar-refractivity contribution in [3.8, 4) is 0 Å². The summed E-state index contributed by atoms with van der Waals surface area (Å²) in [6.45, 7) is 0.306. The van der Waals surface area contributed by atoms with E-state index in [2.05, 4.69) is 0 Å². The number of carbonyl (C=O) groups excluding carboxylic acids is 1. The molecule has 2 rings (SSSR count). The van der Waals surface area contributed by atoms with Gasteiger partial charge in [0.05, 0.1) is 6.42 Å². The smallest absolute Gasteiger partial charge is 0.310 e. The van der Waals surface area contributed by atoms with E-state index in [1.165, 1.54) is 0 Å². The summed E-state index contributed by atoms with van der Waals surface area (Å²) in [5.41, 5.74) is 2.07. The van der Waals surface area contributed by atoms with Gasteiger partial charge in [-0.15, -0.1) is 0 Å². The highest BCUT2D eigenvalue weighted by molar-refractivity contribution is 5.72. The van der Waals surface area contributed by atoms with Crippen LogP contribution in [0.1, 0.15) is 11.1 Å². The van der Waals surface area contributed by atoms with Crippen LogP contribution in [0.15, 0.2) is 66.7 Å². The molecular formula is C17H16O2. The predicted molar refractivity (Wildman–Crippen MR) is 76.6 cm³/mol. The van der Waals surface area contributed by atoms with Gasteiger partial charge in [0.15, 0.2) is 0 Å². The average molecular weight is 252 g/mol. The summed E-state index contributed by atoms with van der Waals surface area (Å²) in [4.78, 5) is 11.6. The second-order valence-corrected chi connectivity index (χ2v) is 4.16. The van der Waals surface area contributed by atoms with E-state index in [9.17, 15) is 4.79 Å².